The van der Waals surface area contributed by atoms with Crippen LogP contribution in [0.4, 0.5) is 0 Å². The summed E-state index contributed by atoms with van der Waals surface area (Å²) in [5.41, 5.74) is 0.794. The van der Waals surface area contributed by atoms with Crippen molar-refractivity contribution in [3.63, 3.8) is 0 Å². The van der Waals surface area contributed by atoms with Crippen molar-refractivity contribution in [2.24, 2.45) is 23.7 Å². The summed E-state index contributed by atoms with van der Waals surface area (Å²) in [4.78, 5) is 24.7. The number of aliphatic hydroxyl groups is 3. The Kier molecular flexibility index (Phi) is 10.1. The van der Waals surface area contributed by atoms with Crippen LogP contribution >= 0.6 is 0 Å². The predicted octanol–water partition coefficient (Wildman–Crippen LogP) is 2.41. The Morgan fingerprint density at radius 2 is 1.79 bits per heavy atom. The van der Waals surface area contributed by atoms with Crippen molar-refractivity contribution in [1.29, 1.82) is 0 Å². The fraction of sp³-hybridized carbons (Fsp3) is 0.727. The van der Waals surface area contributed by atoms with Crippen molar-refractivity contribution in [1.82, 2.24) is 0 Å². The topological polar surface area (TPSA) is 104 Å². The van der Waals surface area contributed by atoms with Gasteiger partial charge in [-0.1, -0.05) is 45.4 Å². The van der Waals surface area contributed by atoms with E-state index in [0.29, 0.717) is 12.8 Å². The minimum atomic E-state index is -1.05. The molecule has 7 unspecified atom stereocenters. The Morgan fingerprint density at radius 3 is 2.36 bits per heavy atom. The second-order valence-corrected chi connectivity index (χ2v) is 8.16. The molecule has 7 atom stereocenters. The Bertz CT molecular complexity index is 582. The van der Waals surface area contributed by atoms with E-state index in [0.717, 1.165) is 5.57 Å². The average molecular weight is 397 g/mol. The molecule has 0 aromatic carbocycles. The van der Waals surface area contributed by atoms with Gasteiger partial charge in [-0.05, 0) is 31.8 Å². The van der Waals surface area contributed by atoms with E-state index in [1.54, 1.807) is 19.1 Å². The van der Waals surface area contributed by atoms with Gasteiger partial charge in [-0.25, -0.2) is 0 Å². The Balaban J connectivity index is 3.19. The van der Waals surface area contributed by atoms with Crippen LogP contribution in [0, 0.1) is 23.7 Å². The molecule has 1 aliphatic heterocycles. The summed E-state index contributed by atoms with van der Waals surface area (Å²) >= 11 is 0. The zero-order chi connectivity index (χ0) is 21.4. The van der Waals surface area contributed by atoms with E-state index < -0.39 is 36.1 Å². The molecule has 0 aliphatic carbocycles. The van der Waals surface area contributed by atoms with Gasteiger partial charge in [0.05, 0.1) is 25.2 Å². The monoisotopic (exact) mass is 396 g/mol. The van der Waals surface area contributed by atoms with Gasteiger partial charge >= 0.3 is 5.97 Å². The van der Waals surface area contributed by atoms with E-state index in [9.17, 15) is 24.9 Å². The molecule has 0 bridgehead atoms. The van der Waals surface area contributed by atoms with Crippen LogP contribution in [0.2, 0.25) is 0 Å². The maximum atomic E-state index is 12.4. The predicted molar refractivity (Wildman–Crippen MR) is 107 cm³/mol. The van der Waals surface area contributed by atoms with E-state index in [4.69, 9.17) is 4.74 Å². The summed E-state index contributed by atoms with van der Waals surface area (Å²) in [5.74, 6) is -2.01. The molecule has 0 radical (unpaired) electrons. The zero-order valence-electron chi connectivity index (χ0n) is 17.7. The number of allylic oxidation sites excluding steroid dienone is 3. The first-order valence-electron chi connectivity index (χ1n) is 10.2. The van der Waals surface area contributed by atoms with Crippen LogP contribution in [0.1, 0.15) is 53.9 Å². The molecule has 28 heavy (non-hydrogen) atoms. The molecule has 3 N–H and O–H groups in total. The summed E-state index contributed by atoms with van der Waals surface area (Å²) in [6.45, 7) is 8.83. The van der Waals surface area contributed by atoms with E-state index in [1.807, 2.05) is 27.7 Å². The number of aliphatic hydroxyl groups excluding tert-OH is 3. The van der Waals surface area contributed by atoms with E-state index >= 15 is 0 Å². The lowest BCUT2D eigenvalue weighted by Gasteiger charge is -2.30. The number of rotatable bonds is 2. The number of esters is 1. The summed E-state index contributed by atoms with van der Waals surface area (Å²) in [5, 5.41) is 30.7. The summed E-state index contributed by atoms with van der Waals surface area (Å²) in [6.07, 6.45) is 3.35. The second-order valence-electron chi connectivity index (χ2n) is 8.16. The van der Waals surface area contributed by atoms with Crippen molar-refractivity contribution in [3.05, 3.63) is 23.8 Å². The molecular formula is C22H36O6. The molecule has 1 heterocycles. The molecule has 0 amide bonds. The Morgan fingerprint density at radius 1 is 1.14 bits per heavy atom. The molecule has 1 aliphatic rings. The van der Waals surface area contributed by atoms with E-state index in [2.05, 4.69) is 0 Å². The maximum absolute atomic E-state index is 12.4. The third-order valence-electron chi connectivity index (χ3n) is 5.68. The highest BCUT2D eigenvalue weighted by molar-refractivity contribution is 5.91. The van der Waals surface area contributed by atoms with Crippen molar-refractivity contribution in [2.45, 2.75) is 72.2 Å². The van der Waals surface area contributed by atoms with Gasteiger partial charge in [-0.2, -0.15) is 0 Å². The molecule has 1 rings (SSSR count). The first kappa shape index (κ1) is 24.5. The average Bonchev–Trinajstić information content (AvgIpc) is 2.66. The van der Waals surface area contributed by atoms with Crippen LogP contribution in [0.25, 0.3) is 0 Å². The van der Waals surface area contributed by atoms with Gasteiger partial charge in [0.1, 0.15) is 6.10 Å². The number of hydrogen-bond acceptors (Lipinski definition) is 6. The van der Waals surface area contributed by atoms with Crippen LogP contribution in [0.5, 0.6) is 0 Å². The number of carbonyl (C=O) groups excluding carboxylic acids is 2. The number of hydrogen-bond donors (Lipinski definition) is 3. The smallest absolute Gasteiger partial charge is 0.308 e. The normalized spacial score (nSPS) is 36.7. The lowest BCUT2D eigenvalue weighted by molar-refractivity contribution is -0.155. The second kappa shape index (κ2) is 11.5. The van der Waals surface area contributed by atoms with Crippen molar-refractivity contribution in [2.75, 3.05) is 6.61 Å². The molecular weight excluding hydrogens is 360 g/mol. The number of carbonyl (C=O) groups is 2. The van der Waals surface area contributed by atoms with E-state index in [-0.39, 0.29) is 30.6 Å². The lowest BCUT2D eigenvalue weighted by Crippen LogP contribution is -2.37. The number of ketones is 1. The fourth-order valence-corrected chi connectivity index (χ4v) is 3.65. The molecule has 6 nitrogen and oxygen atoms in total. The zero-order valence-corrected chi connectivity index (χ0v) is 17.7. The van der Waals surface area contributed by atoms with Gasteiger partial charge in [0.15, 0.2) is 5.78 Å². The van der Waals surface area contributed by atoms with Crippen LogP contribution in [0.15, 0.2) is 23.8 Å². The first-order valence-corrected chi connectivity index (χ1v) is 10.2. The van der Waals surface area contributed by atoms with Gasteiger partial charge in [-0.3, -0.25) is 9.59 Å². The van der Waals surface area contributed by atoms with Crippen molar-refractivity contribution in [3.8, 4) is 0 Å². The van der Waals surface area contributed by atoms with Gasteiger partial charge in [-0.15, -0.1) is 0 Å². The largest absolute Gasteiger partial charge is 0.462 e. The Labute approximate surface area is 168 Å². The van der Waals surface area contributed by atoms with E-state index in [1.165, 1.54) is 6.08 Å². The van der Waals surface area contributed by atoms with Gasteiger partial charge in [0.25, 0.3) is 0 Å². The molecule has 0 aromatic heterocycles. The molecule has 6 heteroatoms. The molecule has 0 aromatic rings. The number of cyclic esters (lactones) is 1. The lowest BCUT2D eigenvalue weighted by atomic mass is 9.82. The first-order chi connectivity index (χ1) is 13.1. The van der Waals surface area contributed by atoms with Crippen LogP contribution < -0.4 is 0 Å². The minimum Gasteiger partial charge on any atom is -0.462 e. The highest BCUT2D eigenvalue weighted by Crippen LogP contribution is 2.25. The summed E-state index contributed by atoms with van der Waals surface area (Å²) in [7, 11) is 0. The minimum absolute atomic E-state index is 0.0360. The molecule has 160 valence electrons. The molecule has 0 spiro atoms. The molecule has 0 saturated heterocycles. The quantitative estimate of drug-likeness (QED) is 0.619. The van der Waals surface area contributed by atoms with Gasteiger partial charge < -0.3 is 20.1 Å². The number of ether oxygens (including phenoxy) is 1. The van der Waals surface area contributed by atoms with Gasteiger partial charge in [0.2, 0.25) is 0 Å². The highest BCUT2D eigenvalue weighted by atomic mass is 16.5. The molecule has 0 fully saturated rings. The SMILES string of the molecule is CCC1OC(=O)CC(O)C(C)C(O)C(C)CC(C)C(=O)C=CC(C)=CC1CO. The molecule has 0 saturated carbocycles. The van der Waals surface area contributed by atoms with Crippen LogP contribution in [-0.4, -0.2) is 52.0 Å². The van der Waals surface area contributed by atoms with Crippen molar-refractivity contribution < 1.29 is 29.6 Å². The third-order valence-corrected chi connectivity index (χ3v) is 5.68. The maximum Gasteiger partial charge on any atom is 0.308 e. The van der Waals surface area contributed by atoms with Crippen molar-refractivity contribution >= 4 is 11.8 Å². The Hall–Kier alpha value is -1.50. The standard InChI is InChI=1S/C22H36O6/c1-6-20-17(12-23)9-13(2)7-8-18(24)14(3)10-15(4)22(27)16(5)19(25)11-21(26)28-20/h7-9,14-17,19-20,22-23,25,27H,6,10-12H2,1-5H3. The fourth-order valence-electron chi connectivity index (χ4n) is 3.65. The summed E-state index contributed by atoms with van der Waals surface area (Å²) in [6, 6.07) is 0. The summed E-state index contributed by atoms with van der Waals surface area (Å²) < 4.78 is 5.50. The van der Waals surface area contributed by atoms with Crippen LogP contribution in [0.3, 0.4) is 0 Å². The van der Waals surface area contributed by atoms with Crippen LogP contribution in [-0.2, 0) is 14.3 Å². The highest BCUT2D eigenvalue weighted by Gasteiger charge is 2.31. The third kappa shape index (κ3) is 7.15. The van der Waals surface area contributed by atoms with Gasteiger partial charge in [0, 0.05) is 17.8 Å².